The van der Waals surface area contributed by atoms with Crippen LogP contribution in [0.1, 0.15) is 11.1 Å². The standard InChI is InChI=1S/C13H16N2O3/c1-9-3-4-10(2)11(7-9)14-12(16)8-15-5-6-18-13(15)17/h3-4,7H,5-6,8H2,1-2H3,(H,14,16). The molecule has 1 aromatic carbocycles. The monoisotopic (exact) mass is 248 g/mol. The maximum absolute atomic E-state index is 11.8. The Labute approximate surface area is 106 Å². The first-order valence-corrected chi connectivity index (χ1v) is 5.85. The van der Waals surface area contributed by atoms with Crippen molar-refractivity contribution in [2.45, 2.75) is 13.8 Å². The molecule has 0 saturated carbocycles. The van der Waals surface area contributed by atoms with Crippen LogP contribution in [-0.2, 0) is 9.53 Å². The molecule has 2 amide bonds. The second-order valence-corrected chi connectivity index (χ2v) is 4.40. The topological polar surface area (TPSA) is 58.6 Å². The van der Waals surface area contributed by atoms with Gasteiger partial charge in [0.05, 0.1) is 6.54 Å². The fourth-order valence-corrected chi connectivity index (χ4v) is 1.80. The summed E-state index contributed by atoms with van der Waals surface area (Å²) in [5.74, 6) is -0.206. The van der Waals surface area contributed by atoms with Gasteiger partial charge in [-0.15, -0.1) is 0 Å². The van der Waals surface area contributed by atoms with Gasteiger partial charge >= 0.3 is 6.09 Å². The highest BCUT2D eigenvalue weighted by molar-refractivity contribution is 5.94. The molecular formula is C13H16N2O3. The molecule has 1 fully saturated rings. The Hall–Kier alpha value is -2.04. The van der Waals surface area contributed by atoms with Crippen LogP contribution < -0.4 is 5.32 Å². The van der Waals surface area contributed by atoms with Gasteiger partial charge in [-0.2, -0.15) is 0 Å². The van der Waals surface area contributed by atoms with Crippen molar-refractivity contribution >= 4 is 17.7 Å². The molecule has 96 valence electrons. The average molecular weight is 248 g/mol. The van der Waals surface area contributed by atoms with Crippen LogP contribution in [0.2, 0.25) is 0 Å². The van der Waals surface area contributed by atoms with Gasteiger partial charge in [0.2, 0.25) is 5.91 Å². The van der Waals surface area contributed by atoms with Crippen LogP contribution in [0, 0.1) is 13.8 Å². The van der Waals surface area contributed by atoms with Gasteiger partial charge in [0.1, 0.15) is 13.2 Å². The van der Waals surface area contributed by atoms with Gasteiger partial charge in [0, 0.05) is 5.69 Å². The number of benzene rings is 1. The Kier molecular flexibility index (Phi) is 3.50. The summed E-state index contributed by atoms with van der Waals surface area (Å²) in [5.41, 5.74) is 2.86. The molecule has 0 aromatic heterocycles. The van der Waals surface area contributed by atoms with E-state index in [1.54, 1.807) is 0 Å². The van der Waals surface area contributed by atoms with Gasteiger partial charge in [-0.05, 0) is 31.0 Å². The average Bonchev–Trinajstić information content (AvgIpc) is 2.70. The molecule has 1 saturated heterocycles. The number of aryl methyl sites for hydroxylation is 2. The fourth-order valence-electron chi connectivity index (χ4n) is 1.80. The fraction of sp³-hybridized carbons (Fsp3) is 0.385. The third kappa shape index (κ3) is 2.80. The number of nitrogens with one attached hydrogen (secondary N) is 1. The summed E-state index contributed by atoms with van der Waals surface area (Å²) in [6.07, 6.45) is -0.425. The van der Waals surface area contributed by atoms with Crippen LogP contribution in [0.3, 0.4) is 0 Å². The van der Waals surface area contributed by atoms with Crippen molar-refractivity contribution < 1.29 is 14.3 Å². The molecule has 18 heavy (non-hydrogen) atoms. The van der Waals surface area contributed by atoms with E-state index in [-0.39, 0.29) is 12.5 Å². The first-order chi connectivity index (χ1) is 8.56. The number of amides is 2. The van der Waals surface area contributed by atoms with Crippen molar-refractivity contribution in [3.63, 3.8) is 0 Å². The van der Waals surface area contributed by atoms with Gasteiger partial charge in [0.15, 0.2) is 0 Å². The first kappa shape index (κ1) is 12.4. The molecule has 0 unspecified atom stereocenters. The van der Waals surface area contributed by atoms with Crippen LogP contribution in [0.25, 0.3) is 0 Å². The van der Waals surface area contributed by atoms with E-state index in [0.29, 0.717) is 13.2 Å². The zero-order valence-corrected chi connectivity index (χ0v) is 10.5. The highest BCUT2D eigenvalue weighted by Crippen LogP contribution is 2.16. The van der Waals surface area contributed by atoms with E-state index in [9.17, 15) is 9.59 Å². The normalized spacial score (nSPS) is 14.6. The smallest absolute Gasteiger partial charge is 0.410 e. The Bertz CT molecular complexity index is 485. The maximum atomic E-state index is 11.8. The summed E-state index contributed by atoms with van der Waals surface area (Å²) in [6, 6.07) is 5.85. The summed E-state index contributed by atoms with van der Waals surface area (Å²) in [5, 5.41) is 2.81. The summed E-state index contributed by atoms with van der Waals surface area (Å²) in [6.45, 7) is 4.76. The van der Waals surface area contributed by atoms with Gasteiger partial charge in [-0.3, -0.25) is 9.69 Å². The first-order valence-electron chi connectivity index (χ1n) is 5.85. The van der Waals surface area contributed by atoms with E-state index in [4.69, 9.17) is 4.74 Å². The lowest BCUT2D eigenvalue weighted by molar-refractivity contribution is -0.116. The molecule has 1 N–H and O–H groups in total. The van der Waals surface area contributed by atoms with Crippen molar-refractivity contribution in [1.29, 1.82) is 0 Å². The molecule has 0 radical (unpaired) electrons. The van der Waals surface area contributed by atoms with Gasteiger partial charge < -0.3 is 10.1 Å². The Morgan fingerprint density at radius 3 is 2.89 bits per heavy atom. The number of cyclic esters (lactones) is 1. The molecule has 0 bridgehead atoms. The molecular weight excluding hydrogens is 232 g/mol. The molecule has 1 aromatic rings. The Morgan fingerprint density at radius 2 is 2.22 bits per heavy atom. The zero-order chi connectivity index (χ0) is 13.1. The number of anilines is 1. The Morgan fingerprint density at radius 1 is 1.44 bits per heavy atom. The largest absolute Gasteiger partial charge is 0.448 e. The van der Waals surface area contributed by atoms with E-state index in [0.717, 1.165) is 16.8 Å². The molecule has 5 heteroatoms. The van der Waals surface area contributed by atoms with E-state index >= 15 is 0 Å². The number of rotatable bonds is 3. The van der Waals surface area contributed by atoms with Crippen molar-refractivity contribution in [2.24, 2.45) is 0 Å². The number of hydrogen-bond donors (Lipinski definition) is 1. The molecule has 1 aliphatic rings. The highest BCUT2D eigenvalue weighted by Gasteiger charge is 2.24. The minimum atomic E-state index is -0.425. The van der Waals surface area contributed by atoms with Crippen LogP contribution >= 0.6 is 0 Å². The van der Waals surface area contributed by atoms with Crippen LogP contribution in [0.4, 0.5) is 10.5 Å². The highest BCUT2D eigenvalue weighted by atomic mass is 16.6. The van der Waals surface area contributed by atoms with E-state index < -0.39 is 6.09 Å². The second-order valence-electron chi connectivity index (χ2n) is 4.40. The molecule has 0 spiro atoms. The molecule has 1 heterocycles. The summed E-state index contributed by atoms with van der Waals surface area (Å²) >= 11 is 0. The van der Waals surface area contributed by atoms with Crippen molar-refractivity contribution in [1.82, 2.24) is 4.90 Å². The minimum absolute atomic E-state index is 0.0339. The predicted octanol–water partition coefficient (Wildman–Crippen LogP) is 1.69. The summed E-state index contributed by atoms with van der Waals surface area (Å²) < 4.78 is 4.77. The van der Waals surface area contributed by atoms with Crippen molar-refractivity contribution in [3.05, 3.63) is 29.3 Å². The predicted molar refractivity (Wildman–Crippen MR) is 67.5 cm³/mol. The van der Waals surface area contributed by atoms with Gasteiger partial charge in [0.25, 0.3) is 0 Å². The lowest BCUT2D eigenvalue weighted by Crippen LogP contribution is -2.33. The number of carbonyl (C=O) groups is 2. The molecule has 1 aliphatic heterocycles. The lowest BCUT2D eigenvalue weighted by Gasteiger charge is -2.13. The van der Waals surface area contributed by atoms with E-state index in [1.807, 2.05) is 32.0 Å². The van der Waals surface area contributed by atoms with E-state index in [2.05, 4.69) is 5.32 Å². The minimum Gasteiger partial charge on any atom is -0.448 e. The number of ether oxygens (including phenoxy) is 1. The zero-order valence-electron chi connectivity index (χ0n) is 10.5. The second kappa shape index (κ2) is 5.08. The molecule has 0 atom stereocenters. The van der Waals surface area contributed by atoms with E-state index in [1.165, 1.54) is 4.90 Å². The van der Waals surface area contributed by atoms with Crippen LogP contribution in [0.5, 0.6) is 0 Å². The van der Waals surface area contributed by atoms with Crippen LogP contribution in [-0.4, -0.2) is 36.6 Å². The summed E-state index contributed by atoms with van der Waals surface area (Å²) in [7, 11) is 0. The number of nitrogens with zero attached hydrogens (tertiary/aromatic N) is 1. The lowest BCUT2D eigenvalue weighted by atomic mass is 10.1. The molecule has 5 nitrogen and oxygen atoms in total. The van der Waals surface area contributed by atoms with Crippen molar-refractivity contribution in [3.8, 4) is 0 Å². The summed E-state index contributed by atoms with van der Waals surface area (Å²) in [4.78, 5) is 24.4. The van der Waals surface area contributed by atoms with Gasteiger partial charge in [-0.25, -0.2) is 4.79 Å². The number of carbonyl (C=O) groups excluding carboxylic acids is 2. The van der Waals surface area contributed by atoms with Crippen LogP contribution in [0.15, 0.2) is 18.2 Å². The maximum Gasteiger partial charge on any atom is 0.410 e. The quantitative estimate of drug-likeness (QED) is 0.885. The van der Waals surface area contributed by atoms with Gasteiger partial charge in [-0.1, -0.05) is 12.1 Å². The Balaban J connectivity index is 1.98. The van der Waals surface area contributed by atoms with Crippen molar-refractivity contribution in [2.75, 3.05) is 25.0 Å². The third-order valence-corrected chi connectivity index (χ3v) is 2.85. The molecule has 0 aliphatic carbocycles. The third-order valence-electron chi connectivity index (χ3n) is 2.85. The number of hydrogen-bond acceptors (Lipinski definition) is 3. The SMILES string of the molecule is Cc1ccc(C)c(NC(=O)CN2CCOC2=O)c1. The molecule has 2 rings (SSSR count).